The summed E-state index contributed by atoms with van der Waals surface area (Å²) in [5.74, 6) is -0.670. The molecule has 1 aliphatic rings. The molecule has 0 bridgehead atoms. The van der Waals surface area contributed by atoms with Gasteiger partial charge in [-0.15, -0.1) is 0 Å². The lowest BCUT2D eigenvalue weighted by Crippen LogP contribution is -2.31. The van der Waals surface area contributed by atoms with Crippen LogP contribution in [0.1, 0.15) is 29.1 Å². The summed E-state index contributed by atoms with van der Waals surface area (Å²) in [6, 6.07) is 12.5. The summed E-state index contributed by atoms with van der Waals surface area (Å²) in [5, 5.41) is 11.3. The molecule has 1 amide bonds. The van der Waals surface area contributed by atoms with Gasteiger partial charge >= 0.3 is 0 Å². The van der Waals surface area contributed by atoms with Crippen molar-refractivity contribution in [1.29, 1.82) is 0 Å². The highest BCUT2D eigenvalue weighted by molar-refractivity contribution is 7.22. The van der Waals surface area contributed by atoms with Crippen molar-refractivity contribution < 1.29 is 33.3 Å². The second-order valence-corrected chi connectivity index (χ2v) is 8.80. The molecule has 36 heavy (non-hydrogen) atoms. The van der Waals surface area contributed by atoms with E-state index >= 15 is 0 Å². The number of carbonyl (C=O) groups is 2. The number of amides is 1. The molecule has 1 unspecified atom stereocenters. The monoisotopic (exact) mass is 506 g/mol. The molecular formula is C26H22N2O7S. The number of ketones is 1. The number of aliphatic hydroxyl groups is 1. The number of aliphatic hydroxyl groups excluding tert-OH is 1. The second-order valence-electron chi connectivity index (χ2n) is 7.79. The minimum Gasteiger partial charge on any atom is -0.503 e. The summed E-state index contributed by atoms with van der Waals surface area (Å²) in [5.41, 5.74) is 0.946. The average Bonchev–Trinajstić information content (AvgIpc) is 3.62. The van der Waals surface area contributed by atoms with Crippen LogP contribution >= 0.6 is 11.3 Å². The van der Waals surface area contributed by atoms with E-state index < -0.39 is 23.5 Å². The SMILES string of the molecule is CCOc1ccc2nc(N3C(=O)C(O)=C(C(=O)c4ccco4)C3c3cccc(OC)c3OC)sc2c1. The zero-order chi connectivity index (χ0) is 25.4. The Hall–Kier alpha value is -4.31. The quantitative estimate of drug-likeness (QED) is 0.329. The van der Waals surface area contributed by atoms with Crippen molar-refractivity contribution in [2.24, 2.45) is 0 Å². The number of benzene rings is 2. The number of methoxy groups -OCH3 is 2. The van der Waals surface area contributed by atoms with Crippen molar-refractivity contribution in [3.63, 3.8) is 0 Å². The molecule has 4 aromatic rings. The van der Waals surface area contributed by atoms with Crippen molar-refractivity contribution in [2.45, 2.75) is 13.0 Å². The molecule has 0 fully saturated rings. The van der Waals surface area contributed by atoms with Gasteiger partial charge in [-0.1, -0.05) is 23.5 Å². The first-order valence-electron chi connectivity index (χ1n) is 11.1. The number of hydrogen-bond donors (Lipinski definition) is 1. The highest BCUT2D eigenvalue weighted by Gasteiger charge is 2.47. The molecular weight excluding hydrogens is 484 g/mol. The molecule has 1 aliphatic heterocycles. The topological polar surface area (TPSA) is 111 Å². The van der Waals surface area contributed by atoms with Gasteiger partial charge in [0.1, 0.15) is 11.8 Å². The summed E-state index contributed by atoms with van der Waals surface area (Å²) < 4.78 is 22.7. The number of carbonyl (C=O) groups excluding carboxylic acids is 2. The third kappa shape index (κ3) is 3.75. The van der Waals surface area contributed by atoms with E-state index in [1.54, 1.807) is 36.4 Å². The molecule has 2 aromatic carbocycles. The molecule has 184 valence electrons. The summed E-state index contributed by atoms with van der Waals surface area (Å²) in [7, 11) is 2.96. The Morgan fingerprint density at radius 2 is 2.00 bits per heavy atom. The molecule has 0 aliphatic carbocycles. The van der Waals surface area contributed by atoms with E-state index in [1.165, 1.54) is 42.8 Å². The number of aromatic nitrogens is 1. The van der Waals surface area contributed by atoms with Gasteiger partial charge in [-0.3, -0.25) is 14.5 Å². The van der Waals surface area contributed by atoms with Crippen LogP contribution in [0.4, 0.5) is 5.13 Å². The molecule has 0 spiro atoms. The van der Waals surface area contributed by atoms with Gasteiger partial charge in [-0.25, -0.2) is 4.98 Å². The fourth-order valence-electron chi connectivity index (χ4n) is 4.25. The Bertz CT molecular complexity index is 1490. The molecule has 0 saturated heterocycles. The number of para-hydroxylation sites is 1. The average molecular weight is 507 g/mol. The fraction of sp³-hybridized carbons (Fsp3) is 0.192. The third-order valence-electron chi connectivity index (χ3n) is 5.79. The van der Waals surface area contributed by atoms with E-state index in [0.717, 1.165) is 4.70 Å². The van der Waals surface area contributed by atoms with Crippen LogP contribution in [-0.2, 0) is 4.79 Å². The van der Waals surface area contributed by atoms with Gasteiger partial charge < -0.3 is 23.7 Å². The zero-order valence-electron chi connectivity index (χ0n) is 19.7. The van der Waals surface area contributed by atoms with E-state index in [0.29, 0.717) is 40.1 Å². The number of fused-ring (bicyclic) bond motifs is 1. The highest BCUT2D eigenvalue weighted by atomic mass is 32.1. The van der Waals surface area contributed by atoms with E-state index in [2.05, 4.69) is 4.98 Å². The van der Waals surface area contributed by atoms with Crippen LogP contribution in [-0.4, -0.2) is 42.6 Å². The van der Waals surface area contributed by atoms with Crippen molar-refractivity contribution in [3.8, 4) is 17.2 Å². The van der Waals surface area contributed by atoms with Gasteiger partial charge in [0.2, 0.25) is 5.78 Å². The lowest BCUT2D eigenvalue weighted by molar-refractivity contribution is -0.117. The molecule has 1 atom stereocenters. The predicted molar refractivity (Wildman–Crippen MR) is 133 cm³/mol. The maximum Gasteiger partial charge on any atom is 0.296 e. The van der Waals surface area contributed by atoms with Crippen LogP contribution in [0.3, 0.4) is 0 Å². The number of rotatable bonds is 8. The first kappa shape index (κ1) is 23.4. The van der Waals surface area contributed by atoms with Gasteiger partial charge in [0.25, 0.3) is 5.91 Å². The summed E-state index contributed by atoms with van der Waals surface area (Å²) >= 11 is 1.24. The van der Waals surface area contributed by atoms with E-state index in [9.17, 15) is 14.7 Å². The number of nitrogens with zero attached hydrogens (tertiary/aromatic N) is 2. The molecule has 0 radical (unpaired) electrons. The highest BCUT2D eigenvalue weighted by Crippen LogP contribution is 2.48. The second kappa shape index (κ2) is 9.38. The summed E-state index contributed by atoms with van der Waals surface area (Å²) in [6.07, 6.45) is 1.35. The first-order chi connectivity index (χ1) is 17.5. The van der Waals surface area contributed by atoms with Crippen molar-refractivity contribution >= 4 is 38.4 Å². The van der Waals surface area contributed by atoms with Crippen LogP contribution in [0.2, 0.25) is 0 Å². The maximum absolute atomic E-state index is 13.5. The number of thiazole rings is 1. The Labute approximate surface area is 210 Å². The van der Waals surface area contributed by atoms with Gasteiger partial charge in [0.15, 0.2) is 28.1 Å². The predicted octanol–water partition coefficient (Wildman–Crippen LogP) is 5.09. The largest absolute Gasteiger partial charge is 0.503 e. The van der Waals surface area contributed by atoms with Gasteiger partial charge in [-0.05, 0) is 43.3 Å². The third-order valence-corrected chi connectivity index (χ3v) is 6.81. The van der Waals surface area contributed by atoms with Crippen LogP contribution in [0.5, 0.6) is 17.2 Å². The molecule has 3 heterocycles. The van der Waals surface area contributed by atoms with E-state index in [-0.39, 0.29) is 11.3 Å². The maximum atomic E-state index is 13.5. The normalized spacial score (nSPS) is 15.6. The van der Waals surface area contributed by atoms with Gasteiger partial charge in [0.05, 0.1) is 42.9 Å². The Balaban J connectivity index is 1.70. The number of hydrogen-bond acceptors (Lipinski definition) is 9. The van der Waals surface area contributed by atoms with Crippen molar-refractivity contribution in [2.75, 3.05) is 25.7 Å². The molecule has 5 rings (SSSR count). The van der Waals surface area contributed by atoms with Crippen LogP contribution < -0.4 is 19.1 Å². The zero-order valence-corrected chi connectivity index (χ0v) is 20.5. The lowest BCUT2D eigenvalue weighted by Gasteiger charge is -2.26. The molecule has 10 heteroatoms. The smallest absolute Gasteiger partial charge is 0.296 e. The van der Waals surface area contributed by atoms with Crippen LogP contribution in [0, 0.1) is 0 Å². The number of ether oxygens (including phenoxy) is 3. The van der Waals surface area contributed by atoms with Gasteiger partial charge in [0, 0.05) is 5.56 Å². The molecule has 1 N–H and O–H groups in total. The minimum absolute atomic E-state index is 0.0104. The Morgan fingerprint density at radius 3 is 2.69 bits per heavy atom. The van der Waals surface area contributed by atoms with E-state index in [1.807, 2.05) is 13.0 Å². The Morgan fingerprint density at radius 1 is 1.17 bits per heavy atom. The van der Waals surface area contributed by atoms with E-state index in [4.69, 9.17) is 18.6 Å². The van der Waals surface area contributed by atoms with Crippen molar-refractivity contribution in [1.82, 2.24) is 4.98 Å². The Kier molecular flexibility index (Phi) is 6.11. The number of anilines is 1. The summed E-state index contributed by atoms with van der Waals surface area (Å²) in [6.45, 7) is 2.40. The van der Waals surface area contributed by atoms with Gasteiger partial charge in [-0.2, -0.15) is 0 Å². The number of furan rings is 1. The van der Waals surface area contributed by atoms with Crippen LogP contribution in [0.15, 0.2) is 70.5 Å². The van der Waals surface area contributed by atoms with Crippen LogP contribution in [0.25, 0.3) is 10.2 Å². The standard InChI is InChI=1S/C26H22N2O7S/c1-4-34-14-10-11-16-19(13-14)36-26(27-16)28-21(15-7-5-8-18(32-2)24(15)33-3)20(23(30)25(28)31)22(29)17-9-6-12-35-17/h5-13,21,30H,4H2,1-3H3. The van der Waals surface area contributed by atoms with Crippen molar-refractivity contribution in [3.05, 3.63) is 77.5 Å². The minimum atomic E-state index is -1.05. The first-order valence-corrected chi connectivity index (χ1v) is 11.9. The summed E-state index contributed by atoms with van der Waals surface area (Å²) in [4.78, 5) is 32.9. The lowest BCUT2D eigenvalue weighted by atomic mass is 9.94. The fourth-order valence-corrected chi connectivity index (χ4v) is 5.27. The number of Topliss-reactive ketones (excluding diaryl/α,β-unsaturated/α-hetero) is 1. The molecule has 0 saturated carbocycles. The molecule has 9 nitrogen and oxygen atoms in total. The molecule has 2 aromatic heterocycles.